The van der Waals surface area contributed by atoms with E-state index in [1.807, 2.05) is 55.5 Å². The lowest BCUT2D eigenvalue weighted by molar-refractivity contribution is 0.100. The van der Waals surface area contributed by atoms with Gasteiger partial charge in [-0.05, 0) is 31.2 Å². The molecule has 0 saturated heterocycles. The van der Waals surface area contributed by atoms with Gasteiger partial charge in [0.1, 0.15) is 18.1 Å². The Morgan fingerprint density at radius 1 is 1.14 bits per heavy atom. The first-order chi connectivity index (χ1) is 10.3. The maximum Gasteiger partial charge on any atom is 0.196 e. The van der Waals surface area contributed by atoms with Crippen molar-refractivity contribution in [3.05, 3.63) is 65.2 Å². The maximum atomic E-state index is 12.5. The summed E-state index contributed by atoms with van der Waals surface area (Å²) in [5.74, 6) is 1.44. The molecule has 1 aliphatic rings. The Hall–Kier alpha value is -2.55. The second-order valence-corrected chi connectivity index (χ2v) is 4.75. The fraction of sp³-hybridized carbons (Fsp3) is 0.167. The highest BCUT2D eigenvalue weighted by atomic mass is 16.5. The van der Waals surface area contributed by atoms with E-state index in [1.165, 1.54) is 0 Å². The number of ether oxygens (including phenoxy) is 2. The third-order valence-electron chi connectivity index (χ3n) is 3.36. The number of fused-ring (bicyclic) bond motifs is 1. The van der Waals surface area contributed by atoms with Crippen molar-refractivity contribution in [1.82, 2.24) is 0 Å². The van der Waals surface area contributed by atoms with Crippen LogP contribution >= 0.6 is 0 Å². The predicted molar refractivity (Wildman–Crippen MR) is 81.9 cm³/mol. The van der Waals surface area contributed by atoms with E-state index >= 15 is 0 Å². The van der Waals surface area contributed by atoms with Crippen LogP contribution in [0.25, 0.3) is 6.08 Å². The summed E-state index contributed by atoms with van der Waals surface area (Å²) in [6.07, 6.45) is 1.85. The van der Waals surface area contributed by atoms with E-state index in [0.717, 1.165) is 11.3 Å². The van der Waals surface area contributed by atoms with Gasteiger partial charge in [-0.15, -0.1) is 0 Å². The smallest absolute Gasteiger partial charge is 0.196 e. The van der Waals surface area contributed by atoms with Gasteiger partial charge in [0, 0.05) is 11.1 Å². The molecule has 0 fully saturated rings. The summed E-state index contributed by atoms with van der Waals surface area (Å²) in [4.78, 5) is 12.5. The predicted octanol–water partition coefficient (Wildman–Crippen LogP) is 3.74. The molecule has 3 rings (SSSR count). The standard InChI is InChI=1S/C18H16O3/c1-2-20-16-9-5-3-7-13(16)11-14-12-21-17-10-6-4-8-15(17)18(14)19/h3-11H,2,12H2,1H3. The molecule has 1 heterocycles. The number of hydrogen-bond acceptors (Lipinski definition) is 3. The third kappa shape index (κ3) is 2.68. The highest BCUT2D eigenvalue weighted by Gasteiger charge is 2.22. The fourth-order valence-electron chi connectivity index (χ4n) is 2.36. The van der Waals surface area contributed by atoms with Crippen LogP contribution in [0.5, 0.6) is 11.5 Å². The number of hydrogen-bond donors (Lipinski definition) is 0. The van der Waals surface area contributed by atoms with E-state index in [9.17, 15) is 4.79 Å². The monoisotopic (exact) mass is 280 g/mol. The van der Waals surface area contributed by atoms with E-state index in [4.69, 9.17) is 9.47 Å². The second-order valence-electron chi connectivity index (χ2n) is 4.75. The molecule has 21 heavy (non-hydrogen) atoms. The summed E-state index contributed by atoms with van der Waals surface area (Å²) in [5.41, 5.74) is 2.15. The van der Waals surface area contributed by atoms with Crippen molar-refractivity contribution in [2.45, 2.75) is 6.92 Å². The molecule has 0 saturated carbocycles. The van der Waals surface area contributed by atoms with Gasteiger partial charge in [0.05, 0.1) is 12.2 Å². The molecule has 106 valence electrons. The quantitative estimate of drug-likeness (QED) is 0.803. The van der Waals surface area contributed by atoms with Crippen LogP contribution in [-0.4, -0.2) is 19.0 Å². The van der Waals surface area contributed by atoms with E-state index in [2.05, 4.69) is 0 Å². The topological polar surface area (TPSA) is 35.5 Å². The molecule has 2 aromatic carbocycles. The van der Waals surface area contributed by atoms with E-state index < -0.39 is 0 Å². The minimum Gasteiger partial charge on any atom is -0.493 e. The van der Waals surface area contributed by atoms with E-state index in [-0.39, 0.29) is 12.4 Å². The number of benzene rings is 2. The Morgan fingerprint density at radius 2 is 1.90 bits per heavy atom. The summed E-state index contributed by atoms with van der Waals surface area (Å²) < 4.78 is 11.2. The van der Waals surface area contributed by atoms with E-state index in [0.29, 0.717) is 23.5 Å². The maximum absolute atomic E-state index is 12.5. The molecule has 0 aromatic heterocycles. The van der Waals surface area contributed by atoms with Gasteiger partial charge in [0.2, 0.25) is 0 Å². The molecule has 0 radical (unpaired) electrons. The number of para-hydroxylation sites is 2. The van der Waals surface area contributed by atoms with Crippen molar-refractivity contribution in [2.75, 3.05) is 13.2 Å². The molecular formula is C18H16O3. The normalized spacial score (nSPS) is 15.5. The first-order valence-electron chi connectivity index (χ1n) is 6.98. The van der Waals surface area contributed by atoms with Crippen LogP contribution in [0.15, 0.2) is 54.1 Å². The number of Topliss-reactive ketones (excluding diaryl/α,β-unsaturated/α-hetero) is 1. The van der Waals surface area contributed by atoms with E-state index in [1.54, 1.807) is 6.07 Å². The number of rotatable bonds is 3. The van der Waals surface area contributed by atoms with Crippen LogP contribution in [0, 0.1) is 0 Å². The van der Waals surface area contributed by atoms with Gasteiger partial charge in [-0.25, -0.2) is 0 Å². The summed E-state index contributed by atoms with van der Waals surface area (Å²) in [5, 5.41) is 0. The summed E-state index contributed by atoms with van der Waals surface area (Å²) >= 11 is 0. The van der Waals surface area contributed by atoms with Crippen molar-refractivity contribution < 1.29 is 14.3 Å². The zero-order chi connectivity index (χ0) is 14.7. The lowest BCUT2D eigenvalue weighted by Crippen LogP contribution is -2.18. The number of carbonyl (C=O) groups is 1. The summed E-state index contributed by atoms with van der Waals surface area (Å²) in [6, 6.07) is 15.0. The molecule has 0 N–H and O–H groups in total. The zero-order valence-corrected chi connectivity index (χ0v) is 11.8. The zero-order valence-electron chi connectivity index (χ0n) is 11.8. The summed E-state index contributed by atoms with van der Waals surface area (Å²) in [7, 11) is 0. The SMILES string of the molecule is CCOc1ccccc1C=C1COc2ccccc2C1=O. The van der Waals surface area contributed by atoms with Gasteiger partial charge in [-0.3, -0.25) is 4.79 Å². The molecule has 0 amide bonds. The van der Waals surface area contributed by atoms with Crippen molar-refractivity contribution in [1.29, 1.82) is 0 Å². The number of carbonyl (C=O) groups excluding carboxylic acids is 1. The van der Waals surface area contributed by atoms with Gasteiger partial charge in [-0.2, -0.15) is 0 Å². The Bertz CT molecular complexity index is 701. The van der Waals surface area contributed by atoms with Crippen LogP contribution in [0.1, 0.15) is 22.8 Å². The van der Waals surface area contributed by atoms with Gasteiger partial charge in [-0.1, -0.05) is 30.3 Å². The first kappa shape index (κ1) is 13.4. The van der Waals surface area contributed by atoms with Crippen LogP contribution in [0.2, 0.25) is 0 Å². The van der Waals surface area contributed by atoms with Crippen molar-refractivity contribution in [3.63, 3.8) is 0 Å². The molecule has 1 aliphatic heterocycles. The second kappa shape index (κ2) is 5.83. The molecule has 2 aromatic rings. The minimum atomic E-state index is 0.0168. The minimum absolute atomic E-state index is 0.0168. The highest BCUT2D eigenvalue weighted by Crippen LogP contribution is 2.29. The van der Waals surface area contributed by atoms with Crippen LogP contribution in [0.4, 0.5) is 0 Å². The lowest BCUT2D eigenvalue weighted by Gasteiger charge is -2.18. The Kier molecular flexibility index (Phi) is 3.73. The highest BCUT2D eigenvalue weighted by molar-refractivity contribution is 6.14. The van der Waals surface area contributed by atoms with Crippen LogP contribution < -0.4 is 9.47 Å². The van der Waals surface area contributed by atoms with Gasteiger partial charge in [0.25, 0.3) is 0 Å². The molecule has 0 unspecified atom stereocenters. The molecule has 0 aliphatic carbocycles. The molecule has 0 bridgehead atoms. The van der Waals surface area contributed by atoms with Gasteiger partial charge >= 0.3 is 0 Å². The average molecular weight is 280 g/mol. The molecule has 0 spiro atoms. The largest absolute Gasteiger partial charge is 0.493 e. The van der Waals surface area contributed by atoms with Crippen molar-refractivity contribution >= 4 is 11.9 Å². The first-order valence-corrected chi connectivity index (χ1v) is 6.98. The molecular weight excluding hydrogens is 264 g/mol. The van der Waals surface area contributed by atoms with Crippen LogP contribution in [0.3, 0.4) is 0 Å². The average Bonchev–Trinajstić information content (AvgIpc) is 2.52. The number of ketones is 1. The van der Waals surface area contributed by atoms with Crippen molar-refractivity contribution in [3.8, 4) is 11.5 Å². The fourth-order valence-corrected chi connectivity index (χ4v) is 2.36. The Morgan fingerprint density at radius 3 is 2.76 bits per heavy atom. The molecule has 0 atom stereocenters. The molecule has 3 heteroatoms. The van der Waals surface area contributed by atoms with Gasteiger partial charge < -0.3 is 9.47 Å². The molecule has 3 nitrogen and oxygen atoms in total. The Balaban J connectivity index is 1.97. The van der Waals surface area contributed by atoms with Crippen LogP contribution in [-0.2, 0) is 0 Å². The van der Waals surface area contributed by atoms with Gasteiger partial charge in [0.15, 0.2) is 5.78 Å². The van der Waals surface area contributed by atoms with Crippen molar-refractivity contribution in [2.24, 2.45) is 0 Å². The third-order valence-corrected chi connectivity index (χ3v) is 3.36. The summed E-state index contributed by atoms with van der Waals surface area (Å²) in [6.45, 7) is 2.82. The Labute approximate surface area is 123 Å². The lowest BCUT2D eigenvalue weighted by atomic mass is 9.98.